The van der Waals surface area contributed by atoms with Crippen molar-refractivity contribution in [3.63, 3.8) is 0 Å². The first kappa shape index (κ1) is 15.2. The van der Waals surface area contributed by atoms with Crippen molar-refractivity contribution in [2.45, 2.75) is 19.8 Å². The van der Waals surface area contributed by atoms with E-state index >= 15 is 0 Å². The molecule has 0 fully saturated rings. The van der Waals surface area contributed by atoms with Crippen molar-refractivity contribution in [2.24, 2.45) is 0 Å². The largest absolute Gasteiger partial charge is 0.461 e. The number of Topliss-reactive ketones (excluding diaryl/α,β-unsaturated/α-hetero) is 1. The van der Waals surface area contributed by atoms with Gasteiger partial charge < -0.3 is 9.72 Å². The molecule has 0 aliphatic carbocycles. The molecule has 0 amide bonds. The highest BCUT2D eigenvalue weighted by molar-refractivity contribution is 9.10. The lowest BCUT2D eigenvalue weighted by Gasteiger charge is -2.28. The number of carbonyl (C=O) groups is 1. The summed E-state index contributed by atoms with van der Waals surface area (Å²) in [4.78, 5) is 15.7. The molecule has 3 nitrogen and oxygen atoms in total. The minimum Gasteiger partial charge on any atom is -0.461 e. The van der Waals surface area contributed by atoms with Crippen LogP contribution in [0.15, 0.2) is 64.5 Å². The van der Waals surface area contributed by atoms with E-state index in [1.165, 1.54) is 0 Å². The molecule has 24 heavy (non-hydrogen) atoms. The van der Waals surface area contributed by atoms with Gasteiger partial charge in [0, 0.05) is 38.6 Å². The monoisotopic (exact) mass is 381 g/mol. The minimum atomic E-state index is -0.139. The van der Waals surface area contributed by atoms with E-state index in [0.717, 1.165) is 32.3 Å². The van der Waals surface area contributed by atoms with Gasteiger partial charge in [0.2, 0.25) is 0 Å². The summed E-state index contributed by atoms with van der Waals surface area (Å²) in [5.74, 6) is 1.37. The molecule has 0 saturated heterocycles. The van der Waals surface area contributed by atoms with E-state index in [-0.39, 0.29) is 11.7 Å². The quantitative estimate of drug-likeness (QED) is 0.652. The Bertz CT molecular complexity index is 1000. The van der Waals surface area contributed by atoms with Crippen LogP contribution in [0.2, 0.25) is 0 Å². The number of halogens is 1. The normalized spacial score (nSPS) is 16.9. The third-order valence-corrected chi connectivity index (χ3v) is 5.02. The molecule has 120 valence electrons. The van der Waals surface area contributed by atoms with E-state index < -0.39 is 0 Å². The molecule has 1 aliphatic heterocycles. The maximum absolute atomic E-state index is 12.4. The van der Waals surface area contributed by atoms with Gasteiger partial charge >= 0.3 is 0 Å². The first-order valence-electron chi connectivity index (χ1n) is 7.81. The molecule has 3 aromatic rings. The van der Waals surface area contributed by atoms with E-state index in [2.05, 4.69) is 27.0 Å². The van der Waals surface area contributed by atoms with Gasteiger partial charge in [-0.2, -0.15) is 0 Å². The number of benzene rings is 2. The molecule has 0 spiro atoms. The fourth-order valence-corrected chi connectivity index (χ4v) is 3.90. The summed E-state index contributed by atoms with van der Waals surface area (Å²) in [6.07, 6.45) is 2.00. The second-order valence-corrected chi connectivity index (χ2v) is 6.95. The van der Waals surface area contributed by atoms with Gasteiger partial charge in [0.1, 0.15) is 11.5 Å². The first-order valence-corrected chi connectivity index (χ1v) is 8.60. The summed E-state index contributed by atoms with van der Waals surface area (Å²) in [5, 5.41) is 1.13. The molecule has 0 bridgehead atoms. The number of carbonyl (C=O) groups excluding carboxylic acids is 1. The van der Waals surface area contributed by atoms with Crippen LogP contribution in [-0.4, -0.2) is 10.8 Å². The van der Waals surface area contributed by atoms with Gasteiger partial charge in [-0.3, -0.25) is 4.79 Å². The topological polar surface area (TPSA) is 42.1 Å². The molecule has 1 aliphatic rings. The number of aromatic amines is 1. The lowest BCUT2D eigenvalue weighted by Crippen LogP contribution is -2.20. The molecule has 1 unspecified atom stereocenters. The fourth-order valence-electron chi connectivity index (χ4n) is 3.52. The summed E-state index contributed by atoms with van der Waals surface area (Å²) < 4.78 is 6.90. The molecule has 2 aromatic carbocycles. The number of aromatic nitrogens is 1. The van der Waals surface area contributed by atoms with Crippen molar-refractivity contribution in [1.82, 2.24) is 4.98 Å². The van der Waals surface area contributed by atoms with Crippen LogP contribution in [0.3, 0.4) is 0 Å². The number of allylic oxidation sites excluding steroid dienone is 2. The Morgan fingerprint density at radius 2 is 1.96 bits per heavy atom. The van der Waals surface area contributed by atoms with Gasteiger partial charge in [-0.15, -0.1) is 0 Å². The Labute approximate surface area is 148 Å². The van der Waals surface area contributed by atoms with Crippen molar-refractivity contribution >= 4 is 32.6 Å². The fraction of sp³-hybridized carbons (Fsp3) is 0.150. The summed E-state index contributed by atoms with van der Waals surface area (Å²) in [7, 11) is 0. The van der Waals surface area contributed by atoms with E-state index in [1.807, 2.05) is 49.5 Å². The lowest BCUT2D eigenvalue weighted by molar-refractivity contribution is -0.114. The number of hydrogen-bond acceptors (Lipinski definition) is 2. The third kappa shape index (κ3) is 2.29. The van der Waals surface area contributed by atoms with Gasteiger partial charge in [0.25, 0.3) is 0 Å². The minimum absolute atomic E-state index is 0.0356. The molecule has 4 rings (SSSR count). The van der Waals surface area contributed by atoms with Gasteiger partial charge in [-0.05, 0) is 43.7 Å². The van der Waals surface area contributed by atoms with Crippen LogP contribution >= 0.6 is 15.9 Å². The Balaban J connectivity index is 2.03. The smallest absolute Gasteiger partial charge is 0.160 e. The summed E-state index contributed by atoms with van der Waals surface area (Å²) in [6, 6.07) is 14.1. The van der Waals surface area contributed by atoms with Crippen LogP contribution in [0.5, 0.6) is 5.75 Å². The third-order valence-electron chi connectivity index (χ3n) is 4.53. The molecule has 1 atom stereocenters. The average molecular weight is 382 g/mol. The number of hydrogen-bond donors (Lipinski definition) is 1. The van der Waals surface area contributed by atoms with Crippen LogP contribution < -0.4 is 4.74 Å². The Hall–Kier alpha value is -2.33. The standard InChI is InChI=1S/C20H16BrNO2/c1-11(23)19-12(2)24-18-8-7-13(21)9-15(18)20(19)16-10-22-17-6-4-3-5-14(16)17/h3-10,20,22H,1-2H3. The van der Waals surface area contributed by atoms with E-state index in [0.29, 0.717) is 11.3 Å². The second kappa shape index (κ2) is 5.64. The Kier molecular flexibility index (Phi) is 3.57. The van der Waals surface area contributed by atoms with Gasteiger partial charge in [-0.25, -0.2) is 0 Å². The summed E-state index contributed by atoms with van der Waals surface area (Å²) in [5.41, 5.74) is 3.88. The highest BCUT2D eigenvalue weighted by Gasteiger charge is 2.33. The maximum Gasteiger partial charge on any atom is 0.160 e. The predicted molar refractivity (Wildman–Crippen MR) is 98.3 cm³/mol. The molecule has 1 aromatic heterocycles. The van der Waals surface area contributed by atoms with Gasteiger partial charge in [0.15, 0.2) is 5.78 Å². The van der Waals surface area contributed by atoms with Crippen LogP contribution in [0, 0.1) is 0 Å². The van der Waals surface area contributed by atoms with Crippen molar-refractivity contribution in [2.75, 3.05) is 0 Å². The SMILES string of the molecule is CC(=O)C1=C(C)Oc2ccc(Br)cc2C1c1c[nH]c2ccccc12. The van der Waals surface area contributed by atoms with Crippen LogP contribution in [0.25, 0.3) is 10.9 Å². The zero-order chi connectivity index (χ0) is 16.8. The highest BCUT2D eigenvalue weighted by Crippen LogP contribution is 2.46. The molecule has 2 heterocycles. The number of nitrogens with one attached hydrogen (secondary N) is 1. The zero-order valence-electron chi connectivity index (χ0n) is 13.4. The lowest BCUT2D eigenvalue weighted by atomic mass is 9.80. The zero-order valence-corrected chi connectivity index (χ0v) is 15.0. The van der Waals surface area contributed by atoms with E-state index in [1.54, 1.807) is 6.92 Å². The molecule has 0 radical (unpaired) electrons. The number of H-pyrrole nitrogens is 1. The van der Waals surface area contributed by atoms with Crippen LogP contribution in [0.1, 0.15) is 30.9 Å². The van der Waals surface area contributed by atoms with E-state index in [9.17, 15) is 4.79 Å². The Morgan fingerprint density at radius 3 is 2.75 bits per heavy atom. The van der Waals surface area contributed by atoms with Crippen molar-refractivity contribution in [1.29, 1.82) is 0 Å². The number of rotatable bonds is 2. The first-order chi connectivity index (χ1) is 11.6. The van der Waals surface area contributed by atoms with Crippen molar-refractivity contribution < 1.29 is 9.53 Å². The number of fused-ring (bicyclic) bond motifs is 2. The highest BCUT2D eigenvalue weighted by atomic mass is 79.9. The average Bonchev–Trinajstić information content (AvgIpc) is 2.97. The predicted octanol–water partition coefficient (Wildman–Crippen LogP) is 5.32. The van der Waals surface area contributed by atoms with Gasteiger partial charge in [-0.1, -0.05) is 34.1 Å². The molecule has 1 N–H and O–H groups in total. The van der Waals surface area contributed by atoms with Crippen LogP contribution in [-0.2, 0) is 4.79 Å². The van der Waals surface area contributed by atoms with Gasteiger partial charge in [0.05, 0.1) is 0 Å². The number of para-hydroxylation sites is 1. The summed E-state index contributed by atoms with van der Waals surface area (Å²) in [6.45, 7) is 3.47. The number of ketones is 1. The van der Waals surface area contributed by atoms with Crippen molar-refractivity contribution in [3.8, 4) is 5.75 Å². The van der Waals surface area contributed by atoms with Crippen LogP contribution in [0.4, 0.5) is 0 Å². The molecular formula is C20H16BrNO2. The maximum atomic E-state index is 12.4. The summed E-state index contributed by atoms with van der Waals surface area (Å²) >= 11 is 3.54. The molecule has 0 saturated carbocycles. The number of ether oxygens (including phenoxy) is 1. The van der Waals surface area contributed by atoms with E-state index in [4.69, 9.17) is 4.74 Å². The molecular weight excluding hydrogens is 366 g/mol. The molecule has 4 heteroatoms. The second-order valence-electron chi connectivity index (χ2n) is 6.03. The van der Waals surface area contributed by atoms with Crippen molar-refractivity contribution in [3.05, 3.63) is 75.6 Å². The Morgan fingerprint density at radius 1 is 1.17 bits per heavy atom.